The monoisotopic (exact) mass is 327 g/mol. The van der Waals surface area contributed by atoms with E-state index < -0.39 is 0 Å². The molecule has 24 heavy (non-hydrogen) atoms. The highest BCUT2D eigenvalue weighted by atomic mass is 16.5. The lowest BCUT2D eigenvalue weighted by Crippen LogP contribution is -2.61. The van der Waals surface area contributed by atoms with Crippen LogP contribution in [0.4, 0.5) is 11.8 Å². The molecule has 4 rings (SSSR count). The van der Waals surface area contributed by atoms with E-state index in [1.54, 1.807) is 19.5 Å². The highest BCUT2D eigenvalue weighted by molar-refractivity contribution is 5.56. The lowest BCUT2D eigenvalue weighted by Gasteiger charge is -2.47. The number of nitrogens with one attached hydrogen (secondary N) is 1. The quantitative estimate of drug-likeness (QED) is 0.896. The van der Waals surface area contributed by atoms with Gasteiger partial charge < -0.3 is 19.7 Å². The first-order valence-electron chi connectivity index (χ1n) is 8.07. The molecule has 4 heterocycles. The van der Waals surface area contributed by atoms with Crippen LogP contribution >= 0.6 is 0 Å². The van der Waals surface area contributed by atoms with E-state index in [4.69, 9.17) is 14.5 Å². The van der Waals surface area contributed by atoms with Gasteiger partial charge in [0, 0.05) is 44.7 Å². The molecule has 0 saturated carbocycles. The maximum atomic E-state index is 5.57. The van der Waals surface area contributed by atoms with Crippen molar-refractivity contribution in [1.82, 2.24) is 15.0 Å². The lowest BCUT2D eigenvalue weighted by atomic mass is 9.96. The van der Waals surface area contributed by atoms with Gasteiger partial charge in [-0.05, 0) is 24.6 Å². The molecule has 0 aromatic carbocycles. The number of aromatic nitrogens is 3. The summed E-state index contributed by atoms with van der Waals surface area (Å²) in [6.07, 6.45) is 3.57. The van der Waals surface area contributed by atoms with Crippen LogP contribution in [0, 0.1) is 0 Å². The van der Waals surface area contributed by atoms with E-state index in [9.17, 15) is 0 Å². The first kappa shape index (κ1) is 15.3. The molecule has 2 aromatic rings. The molecule has 7 heteroatoms. The van der Waals surface area contributed by atoms with Crippen LogP contribution in [0.5, 0.6) is 0 Å². The Labute approximate surface area is 141 Å². The van der Waals surface area contributed by atoms with Crippen LogP contribution in [0.15, 0.2) is 24.5 Å². The average molecular weight is 327 g/mol. The van der Waals surface area contributed by atoms with E-state index in [1.807, 2.05) is 12.1 Å². The van der Waals surface area contributed by atoms with E-state index in [0.717, 1.165) is 35.7 Å². The smallest absolute Gasteiger partial charge is 0.225 e. The third-order valence-corrected chi connectivity index (χ3v) is 4.60. The number of ether oxygens (including phenoxy) is 2. The fraction of sp³-hybridized carbons (Fsp3) is 0.471. The number of hydrogen-bond acceptors (Lipinski definition) is 7. The number of methoxy groups -OCH3 is 1. The van der Waals surface area contributed by atoms with E-state index in [0.29, 0.717) is 25.7 Å². The summed E-state index contributed by atoms with van der Waals surface area (Å²) in [5.74, 6) is 1.60. The maximum absolute atomic E-state index is 5.57. The summed E-state index contributed by atoms with van der Waals surface area (Å²) < 4.78 is 11.1. The molecule has 126 valence electrons. The number of pyridine rings is 1. The van der Waals surface area contributed by atoms with Gasteiger partial charge in [0.15, 0.2) is 0 Å². The van der Waals surface area contributed by atoms with Crippen molar-refractivity contribution < 1.29 is 9.47 Å². The van der Waals surface area contributed by atoms with Gasteiger partial charge in [-0.25, -0.2) is 4.98 Å². The van der Waals surface area contributed by atoms with Crippen LogP contribution in [0.3, 0.4) is 0 Å². The molecule has 0 unspecified atom stereocenters. The summed E-state index contributed by atoms with van der Waals surface area (Å²) >= 11 is 0. The minimum atomic E-state index is -0.0953. The number of hydrogen-bond donors (Lipinski definition) is 1. The Hall–Kier alpha value is -2.25. The van der Waals surface area contributed by atoms with Gasteiger partial charge in [0.2, 0.25) is 5.95 Å². The minimum Gasteiger partial charge on any atom is -0.375 e. The molecule has 7 nitrogen and oxygen atoms in total. The van der Waals surface area contributed by atoms with Gasteiger partial charge in [0.05, 0.1) is 24.5 Å². The summed E-state index contributed by atoms with van der Waals surface area (Å²) in [6, 6.07) is 3.95. The van der Waals surface area contributed by atoms with Crippen LogP contribution in [-0.2, 0) is 29.2 Å². The van der Waals surface area contributed by atoms with Gasteiger partial charge in [0.1, 0.15) is 5.82 Å². The Morgan fingerprint density at radius 3 is 2.79 bits per heavy atom. The van der Waals surface area contributed by atoms with E-state index in [-0.39, 0.29) is 5.60 Å². The second kappa shape index (κ2) is 5.99. The van der Waals surface area contributed by atoms with E-state index >= 15 is 0 Å². The van der Waals surface area contributed by atoms with Gasteiger partial charge in [-0.15, -0.1) is 0 Å². The van der Waals surface area contributed by atoms with Crippen LogP contribution in [0.1, 0.15) is 23.7 Å². The molecule has 2 aromatic heterocycles. The molecule has 1 fully saturated rings. The summed E-state index contributed by atoms with van der Waals surface area (Å²) in [7, 11) is 1.76. The zero-order chi connectivity index (χ0) is 16.6. The number of anilines is 2. The molecule has 0 bridgehead atoms. The van der Waals surface area contributed by atoms with Crippen LogP contribution in [-0.4, -0.2) is 40.8 Å². The predicted molar refractivity (Wildman–Crippen MR) is 89.7 cm³/mol. The fourth-order valence-electron chi connectivity index (χ4n) is 3.10. The Kier molecular flexibility index (Phi) is 3.82. The maximum Gasteiger partial charge on any atom is 0.225 e. The first-order valence-corrected chi connectivity index (χ1v) is 8.07. The second-order valence-electron chi connectivity index (χ2n) is 6.51. The minimum absolute atomic E-state index is 0.0953. The van der Waals surface area contributed by atoms with Crippen molar-refractivity contribution >= 4 is 11.8 Å². The van der Waals surface area contributed by atoms with Crippen molar-refractivity contribution in [3.63, 3.8) is 0 Å². The Morgan fingerprint density at radius 1 is 1.25 bits per heavy atom. The number of nitrogens with zero attached hydrogens (tertiary/aromatic N) is 4. The molecule has 2 aliphatic heterocycles. The van der Waals surface area contributed by atoms with Crippen molar-refractivity contribution in [2.75, 3.05) is 30.4 Å². The highest BCUT2D eigenvalue weighted by Gasteiger charge is 2.41. The van der Waals surface area contributed by atoms with Crippen LogP contribution in [0.2, 0.25) is 0 Å². The Bertz CT molecular complexity index is 731. The molecule has 0 spiro atoms. The molecule has 0 aliphatic carbocycles. The molecule has 0 amide bonds. The topological polar surface area (TPSA) is 72.4 Å². The van der Waals surface area contributed by atoms with Gasteiger partial charge in [-0.1, -0.05) is 0 Å². The summed E-state index contributed by atoms with van der Waals surface area (Å²) in [5, 5.41) is 3.31. The predicted octanol–water partition coefficient (Wildman–Crippen LogP) is 1.74. The lowest BCUT2D eigenvalue weighted by molar-refractivity contribution is -0.0173. The molecular weight excluding hydrogens is 306 g/mol. The zero-order valence-electron chi connectivity index (χ0n) is 14.0. The Balaban J connectivity index is 1.55. The third kappa shape index (κ3) is 2.81. The van der Waals surface area contributed by atoms with Gasteiger partial charge in [-0.2, -0.15) is 4.98 Å². The van der Waals surface area contributed by atoms with Crippen LogP contribution in [0.25, 0.3) is 0 Å². The molecule has 1 N–H and O–H groups in total. The summed E-state index contributed by atoms with van der Waals surface area (Å²) in [4.78, 5) is 15.6. The highest BCUT2D eigenvalue weighted by Crippen LogP contribution is 2.35. The normalized spacial score (nSPS) is 18.2. The number of fused-ring (bicyclic) bond motifs is 1. The largest absolute Gasteiger partial charge is 0.375 e. The second-order valence-corrected chi connectivity index (χ2v) is 6.51. The van der Waals surface area contributed by atoms with E-state index in [2.05, 4.69) is 27.1 Å². The molecule has 0 radical (unpaired) electrons. The van der Waals surface area contributed by atoms with Crippen molar-refractivity contribution in [3.05, 3.63) is 41.3 Å². The van der Waals surface area contributed by atoms with Crippen molar-refractivity contribution in [2.24, 2.45) is 0 Å². The van der Waals surface area contributed by atoms with Gasteiger partial charge >= 0.3 is 0 Å². The molecular formula is C17H21N5O2. The van der Waals surface area contributed by atoms with Crippen molar-refractivity contribution in [3.8, 4) is 0 Å². The molecule has 1 saturated heterocycles. The van der Waals surface area contributed by atoms with Crippen molar-refractivity contribution in [1.29, 1.82) is 0 Å². The molecule has 0 atom stereocenters. The van der Waals surface area contributed by atoms with Gasteiger partial charge in [-0.3, -0.25) is 4.98 Å². The van der Waals surface area contributed by atoms with Gasteiger partial charge in [0.25, 0.3) is 0 Å². The van der Waals surface area contributed by atoms with E-state index in [1.165, 1.54) is 0 Å². The first-order chi connectivity index (χ1) is 11.7. The fourth-order valence-corrected chi connectivity index (χ4v) is 3.10. The van der Waals surface area contributed by atoms with Crippen LogP contribution < -0.4 is 10.2 Å². The summed E-state index contributed by atoms with van der Waals surface area (Å²) in [5.41, 5.74) is 3.12. The number of rotatable bonds is 5. The Morgan fingerprint density at radius 2 is 2.04 bits per heavy atom. The molecule has 2 aliphatic rings. The SMILES string of the molecule is COC1(C)CN(c2nc(NCc3ccncc3)nc3c2COC3)C1. The standard InChI is InChI=1S/C17H21N5O2/c1-17(23-2)10-22(11-17)15-13-8-24-9-14(13)20-16(21-15)19-7-12-3-5-18-6-4-12/h3-6H,7-11H2,1-2H3,(H,19,20,21). The third-order valence-electron chi connectivity index (χ3n) is 4.60. The average Bonchev–Trinajstić information content (AvgIpc) is 3.06. The summed E-state index contributed by atoms with van der Waals surface area (Å²) in [6.45, 7) is 5.56. The zero-order valence-corrected chi connectivity index (χ0v) is 14.0. The van der Waals surface area contributed by atoms with Crippen molar-refractivity contribution in [2.45, 2.75) is 32.3 Å².